The number of nitrogens with one attached hydrogen (secondary N) is 1. The molecule has 0 fully saturated rings. The minimum Gasteiger partial charge on any atom is -0.344 e. The highest BCUT2D eigenvalue weighted by atomic mass is 35.5. The van der Waals surface area contributed by atoms with Gasteiger partial charge in [0.1, 0.15) is 22.5 Å². The highest BCUT2D eigenvalue weighted by Crippen LogP contribution is 2.18. The minimum atomic E-state index is -0.711. The maximum Gasteiger partial charge on any atom is 0.270 e. The van der Waals surface area contributed by atoms with Gasteiger partial charge >= 0.3 is 0 Å². The van der Waals surface area contributed by atoms with E-state index in [1.54, 1.807) is 19.1 Å². The van der Waals surface area contributed by atoms with Crippen molar-refractivity contribution in [3.8, 4) is 0 Å². The Morgan fingerprint density at radius 2 is 2.05 bits per heavy atom. The molecule has 1 aromatic heterocycles. The molecule has 0 bridgehead atoms. The predicted octanol–water partition coefficient (Wildman–Crippen LogP) is 3.50. The molecule has 1 heterocycles. The number of benzene rings is 1. The molecule has 1 atom stereocenters. The van der Waals surface area contributed by atoms with E-state index in [1.165, 1.54) is 12.1 Å². The van der Waals surface area contributed by atoms with Gasteiger partial charge < -0.3 is 5.32 Å². The number of aromatic nitrogens is 1. The van der Waals surface area contributed by atoms with Gasteiger partial charge in [0.05, 0.1) is 6.04 Å². The molecule has 1 N–H and O–H groups in total. The third-order valence-electron chi connectivity index (χ3n) is 2.72. The maximum atomic E-state index is 13.6. The number of carbonyl (C=O) groups excluding carboxylic acids is 1. The number of halogens is 3. The highest BCUT2D eigenvalue weighted by molar-refractivity contribution is 6.29. The Bertz CT molecular complexity index is 649. The van der Waals surface area contributed by atoms with Crippen LogP contribution in [0.2, 0.25) is 5.15 Å². The van der Waals surface area contributed by atoms with Gasteiger partial charge in [-0.1, -0.05) is 23.7 Å². The van der Waals surface area contributed by atoms with Crippen LogP contribution in [0.4, 0.5) is 8.78 Å². The van der Waals surface area contributed by atoms with Gasteiger partial charge in [-0.2, -0.15) is 0 Å². The van der Waals surface area contributed by atoms with Crippen molar-refractivity contribution < 1.29 is 13.6 Å². The molecule has 0 radical (unpaired) electrons. The van der Waals surface area contributed by atoms with Crippen molar-refractivity contribution in [2.24, 2.45) is 0 Å². The lowest BCUT2D eigenvalue weighted by molar-refractivity contribution is 0.0934. The molecule has 0 aliphatic rings. The summed E-state index contributed by atoms with van der Waals surface area (Å²) < 4.78 is 26.4. The maximum absolute atomic E-state index is 13.6. The Balaban J connectivity index is 2.15. The molecule has 104 valence electrons. The molecular formula is C14H11ClF2N2O. The van der Waals surface area contributed by atoms with E-state index in [4.69, 9.17) is 11.6 Å². The predicted molar refractivity (Wildman–Crippen MR) is 71.5 cm³/mol. The summed E-state index contributed by atoms with van der Waals surface area (Å²) in [5.74, 6) is -1.86. The quantitative estimate of drug-likeness (QED) is 0.881. The van der Waals surface area contributed by atoms with Crippen LogP contribution in [0.3, 0.4) is 0 Å². The molecular weight excluding hydrogens is 286 g/mol. The lowest BCUT2D eigenvalue weighted by Crippen LogP contribution is -2.28. The van der Waals surface area contributed by atoms with Crippen LogP contribution in [0.15, 0.2) is 36.4 Å². The van der Waals surface area contributed by atoms with E-state index < -0.39 is 23.6 Å². The summed E-state index contributed by atoms with van der Waals surface area (Å²) in [6.45, 7) is 1.60. The van der Waals surface area contributed by atoms with Gasteiger partial charge in [-0.3, -0.25) is 4.79 Å². The fraction of sp³-hybridized carbons (Fsp3) is 0.143. The Morgan fingerprint density at radius 1 is 1.30 bits per heavy atom. The van der Waals surface area contributed by atoms with Crippen LogP contribution in [-0.4, -0.2) is 10.9 Å². The van der Waals surface area contributed by atoms with E-state index in [0.717, 1.165) is 12.1 Å². The normalized spacial score (nSPS) is 12.0. The average molecular weight is 297 g/mol. The molecule has 2 rings (SSSR count). The van der Waals surface area contributed by atoms with Gasteiger partial charge in [-0.15, -0.1) is 0 Å². The summed E-state index contributed by atoms with van der Waals surface area (Å²) in [4.78, 5) is 15.8. The van der Waals surface area contributed by atoms with Gasteiger partial charge in [0.15, 0.2) is 0 Å². The van der Waals surface area contributed by atoms with Crippen LogP contribution in [0, 0.1) is 11.6 Å². The third kappa shape index (κ3) is 3.30. The number of hydrogen-bond donors (Lipinski definition) is 1. The van der Waals surface area contributed by atoms with Crippen LogP contribution in [-0.2, 0) is 0 Å². The second-order valence-electron chi connectivity index (χ2n) is 4.21. The van der Waals surface area contributed by atoms with Gasteiger partial charge in [0.2, 0.25) is 0 Å². The van der Waals surface area contributed by atoms with Crippen molar-refractivity contribution in [1.82, 2.24) is 10.3 Å². The SMILES string of the molecule is CC(NC(=O)c1cccc(Cl)n1)c1ccc(F)cc1F. The van der Waals surface area contributed by atoms with Crippen molar-refractivity contribution in [3.05, 3.63) is 64.4 Å². The van der Waals surface area contributed by atoms with Crippen molar-refractivity contribution in [1.29, 1.82) is 0 Å². The molecule has 6 heteroatoms. The smallest absolute Gasteiger partial charge is 0.270 e. The van der Waals surface area contributed by atoms with Crippen molar-refractivity contribution in [2.75, 3.05) is 0 Å². The summed E-state index contributed by atoms with van der Waals surface area (Å²) in [7, 11) is 0. The first-order valence-electron chi connectivity index (χ1n) is 5.86. The second kappa shape index (κ2) is 5.96. The molecule has 0 aliphatic heterocycles. The second-order valence-corrected chi connectivity index (χ2v) is 4.59. The standard InChI is InChI=1S/C14H11ClF2N2O/c1-8(10-6-5-9(16)7-11(10)17)18-14(20)12-3-2-4-13(15)19-12/h2-8H,1H3,(H,18,20). The van der Waals surface area contributed by atoms with E-state index >= 15 is 0 Å². The van der Waals surface area contributed by atoms with Gasteiger partial charge in [0.25, 0.3) is 5.91 Å². The topological polar surface area (TPSA) is 42.0 Å². The highest BCUT2D eigenvalue weighted by Gasteiger charge is 2.16. The number of pyridine rings is 1. The molecule has 0 aliphatic carbocycles. The van der Waals surface area contributed by atoms with Crippen LogP contribution < -0.4 is 5.32 Å². The first-order chi connectivity index (χ1) is 9.47. The fourth-order valence-corrected chi connectivity index (χ4v) is 1.90. The van der Waals surface area contributed by atoms with Crippen LogP contribution in [0.1, 0.15) is 29.0 Å². The molecule has 1 unspecified atom stereocenters. The lowest BCUT2D eigenvalue weighted by Gasteiger charge is -2.14. The van der Waals surface area contributed by atoms with E-state index in [-0.39, 0.29) is 16.4 Å². The number of amides is 1. The van der Waals surface area contributed by atoms with E-state index in [0.29, 0.717) is 0 Å². The van der Waals surface area contributed by atoms with Gasteiger partial charge in [-0.25, -0.2) is 13.8 Å². The third-order valence-corrected chi connectivity index (χ3v) is 2.93. The largest absolute Gasteiger partial charge is 0.344 e. The van der Waals surface area contributed by atoms with Crippen molar-refractivity contribution >= 4 is 17.5 Å². The van der Waals surface area contributed by atoms with E-state index in [1.807, 2.05) is 0 Å². The van der Waals surface area contributed by atoms with E-state index in [2.05, 4.69) is 10.3 Å². The Morgan fingerprint density at radius 3 is 2.70 bits per heavy atom. The number of rotatable bonds is 3. The minimum absolute atomic E-state index is 0.131. The Labute approximate surface area is 119 Å². The first kappa shape index (κ1) is 14.4. The molecule has 1 aromatic carbocycles. The molecule has 0 saturated heterocycles. The van der Waals surface area contributed by atoms with Crippen LogP contribution in [0.5, 0.6) is 0 Å². The number of nitrogens with zero attached hydrogens (tertiary/aromatic N) is 1. The molecule has 0 spiro atoms. The van der Waals surface area contributed by atoms with Gasteiger partial charge in [0, 0.05) is 11.6 Å². The zero-order chi connectivity index (χ0) is 14.7. The summed E-state index contributed by atoms with van der Waals surface area (Å²) >= 11 is 5.69. The summed E-state index contributed by atoms with van der Waals surface area (Å²) in [6, 6.07) is 7.21. The molecule has 3 nitrogen and oxygen atoms in total. The average Bonchev–Trinajstić information content (AvgIpc) is 2.38. The zero-order valence-corrected chi connectivity index (χ0v) is 11.3. The Kier molecular flexibility index (Phi) is 4.29. The molecule has 20 heavy (non-hydrogen) atoms. The molecule has 0 saturated carbocycles. The van der Waals surface area contributed by atoms with Crippen molar-refractivity contribution in [3.63, 3.8) is 0 Å². The fourth-order valence-electron chi connectivity index (χ4n) is 1.74. The Hall–Kier alpha value is -2.01. The first-order valence-corrected chi connectivity index (χ1v) is 6.23. The summed E-state index contributed by atoms with van der Waals surface area (Å²) in [5, 5.41) is 2.77. The van der Waals surface area contributed by atoms with Gasteiger partial charge in [-0.05, 0) is 25.1 Å². The summed E-state index contributed by atoms with van der Waals surface area (Å²) in [5.41, 5.74) is 0.327. The monoisotopic (exact) mass is 296 g/mol. The number of hydrogen-bond acceptors (Lipinski definition) is 2. The lowest BCUT2D eigenvalue weighted by atomic mass is 10.1. The van der Waals surface area contributed by atoms with Crippen molar-refractivity contribution in [2.45, 2.75) is 13.0 Å². The molecule has 2 aromatic rings. The molecule has 1 amide bonds. The number of carbonyl (C=O) groups is 1. The zero-order valence-electron chi connectivity index (χ0n) is 10.5. The van der Waals surface area contributed by atoms with Crippen LogP contribution in [0.25, 0.3) is 0 Å². The van der Waals surface area contributed by atoms with E-state index in [9.17, 15) is 13.6 Å². The summed E-state index contributed by atoms with van der Waals surface area (Å²) in [6.07, 6.45) is 0. The van der Waals surface area contributed by atoms with Crippen LogP contribution >= 0.6 is 11.6 Å².